The lowest BCUT2D eigenvalue weighted by molar-refractivity contribution is 0.222. The van der Waals surface area contributed by atoms with Crippen molar-refractivity contribution in [2.24, 2.45) is 5.92 Å². The van der Waals surface area contributed by atoms with E-state index in [4.69, 9.17) is 21.3 Å². The van der Waals surface area contributed by atoms with Crippen LogP contribution in [0.2, 0.25) is 0 Å². The monoisotopic (exact) mass is 293 g/mol. The number of pyridine rings is 1. The summed E-state index contributed by atoms with van der Waals surface area (Å²) in [6, 6.07) is 4.26. The van der Waals surface area contributed by atoms with Crippen LogP contribution in [0.1, 0.15) is 38.1 Å². The molecule has 2 heterocycles. The number of fused-ring (bicyclic) bond motifs is 1. The van der Waals surface area contributed by atoms with Crippen LogP contribution in [0.4, 0.5) is 0 Å². The summed E-state index contributed by atoms with van der Waals surface area (Å²) in [5.41, 5.74) is 1.85. The molecule has 2 aromatic heterocycles. The molecule has 0 aliphatic heterocycles. The van der Waals surface area contributed by atoms with Crippen molar-refractivity contribution in [1.82, 2.24) is 14.5 Å². The van der Waals surface area contributed by atoms with Crippen molar-refractivity contribution in [3.8, 4) is 5.88 Å². The van der Waals surface area contributed by atoms with Crippen LogP contribution in [-0.4, -0.2) is 27.5 Å². The summed E-state index contributed by atoms with van der Waals surface area (Å²) in [7, 11) is 1.64. The van der Waals surface area contributed by atoms with Crippen molar-refractivity contribution in [2.45, 2.75) is 38.6 Å². The van der Waals surface area contributed by atoms with Gasteiger partial charge in [-0.05, 0) is 31.7 Å². The zero-order chi connectivity index (χ0) is 14.1. The molecule has 0 aromatic carbocycles. The molecule has 1 unspecified atom stereocenters. The van der Waals surface area contributed by atoms with Crippen LogP contribution in [0.5, 0.6) is 5.88 Å². The van der Waals surface area contributed by atoms with E-state index in [0.29, 0.717) is 17.8 Å². The largest absolute Gasteiger partial charge is 0.481 e. The van der Waals surface area contributed by atoms with E-state index in [1.54, 1.807) is 7.11 Å². The Morgan fingerprint density at radius 3 is 2.80 bits per heavy atom. The molecule has 1 fully saturated rings. The van der Waals surface area contributed by atoms with E-state index >= 15 is 0 Å². The molecule has 4 nitrogen and oxygen atoms in total. The molecule has 1 aliphatic carbocycles. The van der Waals surface area contributed by atoms with Gasteiger partial charge >= 0.3 is 0 Å². The number of ether oxygens (including phenoxy) is 1. The van der Waals surface area contributed by atoms with Crippen molar-refractivity contribution in [3.63, 3.8) is 0 Å². The summed E-state index contributed by atoms with van der Waals surface area (Å²) in [5.74, 6) is 2.99. The standard InChI is InChI=1S/C15H20ClN3O/c1-10(11-4-3-5-11)19-13(8-9-16)17-12-6-7-14(20-2)18-15(12)19/h6-7,10-11H,3-5,8-9H2,1-2H3. The summed E-state index contributed by atoms with van der Waals surface area (Å²) in [6.45, 7) is 2.27. The minimum absolute atomic E-state index is 0.423. The molecule has 20 heavy (non-hydrogen) atoms. The molecule has 0 saturated heterocycles. The highest BCUT2D eigenvalue weighted by atomic mass is 35.5. The zero-order valence-electron chi connectivity index (χ0n) is 12.0. The third kappa shape index (κ3) is 2.26. The highest BCUT2D eigenvalue weighted by Gasteiger charge is 2.28. The first-order chi connectivity index (χ1) is 9.74. The first-order valence-electron chi connectivity index (χ1n) is 7.22. The molecule has 1 aliphatic rings. The second kappa shape index (κ2) is 5.60. The number of nitrogens with zero attached hydrogens (tertiary/aromatic N) is 3. The van der Waals surface area contributed by atoms with Crippen molar-refractivity contribution < 1.29 is 4.74 Å². The lowest BCUT2D eigenvalue weighted by Gasteiger charge is -2.33. The maximum Gasteiger partial charge on any atom is 0.215 e. The van der Waals surface area contributed by atoms with Gasteiger partial charge in [-0.1, -0.05) is 6.42 Å². The fourth-order valence-corrected chi connectivity index (χ4v) is 3.11. The number of methoxy groups -OCH3 is 1. The number of hydrogen-bond donors (Lipinski definition) is 0. The summed E-state index contributed by atoms with van der Waals surface area (Å²) in [5, 5.41) is 0. The molecule has 3 rings (SSSR count). The number of halogens is 1. The Hall–Kier alpha value is -1.29. The van der Waals surface area contributed by atoms with Crippen LogP contribution >= 0.6 is 11.6 Å². The van der Waals surface area contributed by atoms with Gasteiger partial charge in [-0.2, -0.15) is 4.98 Å². The molecule has 5 heteroatoms. The fourth-order valence-electron chi connectivity index (χ4n) is 2.94. The SMILES string of the molecule is COc1ccc2nc(CCCl)n(C(C)C3CCC3)c2n1. The van der Waals surface area contributed by atoms with Crippen LogP contribution in [-0.2, 0) is 6.42 Å². The van der Waals surface area contributed by atoms with Crippen LogP contribution in [0, 0.1) is 5.92 Å². The molecule has 0 bridgehead atoms. The molecule has 1 atom stereocenters. The first-order valence-corrected chi connectivity index (χ1v) is 7.76. The molecule has 108 valence electrons. The number of aryl methyl sites for hydroxylation is 1. The number of hydrogen-bond acceptors (Lipinski definition) is 3. The molecule has 0 N–H and O–H groups in total. The fraction of sp³-hybridized carbons (Fsp3) is 0.600. The number of aromatic nitrogens is 3. The van der Waals surface area contributed by atoms with E-state index in [1.165, 1.54) is 19.3 Å². The van der Waals surface area contributed by atoms with E-state index in [9.17, 15) is 0 Å². The van der Waals surface area contributed by atoms with Gasteiger partial charge in [0.2, 0.25) is 5.88 Å². The van der Waals surface area contributed by atoms with Gasteiger partial charge in [-0.25, -0.2) is 4.98 Å². The van der Waals surface area contributed by atoms with Crippen molar-refractivity contribution in [3.05, 3.63) is 18.0 Å². The summed E-state index contributed by atoms with van der Waals surface area (Å²) < 4.78 is 7.52. The van der Waals surface area contributed by atoms with Gasteiger partial charge in [0.25, 0.3) is 0 Å². The Morgan fingerprint density at radius 1 is 1.40 bits per heavy atom. The van der Waals surface area contributed by atoms with Crippen molar-refractivity contribution in [2.75, 3.05) is 13.0 Å². The Bertz CT molecular complexity index is 606. The van der Waals surface area contributed by atoms with Crippen molar-refractivity contribution in [1.29, 1.82) is 0 Å². The van der Waals surface area contributed by atoms with Gasteiger partial charge < -0.3 is 9.30 Å². The number of alkyl halides is 1. The Kier molecular flexibility index (Phi) is 3.83. The third-order valence-electron chi connectivity index (χ3n) is 4.35. The van der Waals surface area contributed by atoms with Crippen LogP contribution < -0.4 is 4.74 Å². The van der Waals surface area contributed by atoms with Crippen LogP contribution in [0.25, 0.3) is 11.2 Å². The summed E-state index contributed by atoms with van der Waals surface area (Å²) in [6.07, 6.45) is 4.71. The van der Waals surface area contributed by atoms with Gasteiger partial charge in [-0.3, -0.25) is 0 Å². The summed E-state index contributed by atoms with van der Waals surface area (Å²) >= 11 is 5.93. The second-order valence-corrected chi connectivity index (χ2v) is 5.84. The second-order valence-electron chi connectivity index (χ2n) is 5.46. The van der Waals surface area contributed by atoms with Crippen LogP contribution in [0.15, 0.2) is 12.1 Å². The Labute approximate surface area is 124 Å². The quantitative estimate of drug-likeness (QED) is 0.791. The Morgan fingerprint density at radius 2 is 2.20 bits per heavy atom. The van der Waals surface area contributed by atoms with Gasteiger partial charge in [0.05, 0.1) is 7.11 Å². The zero-order valence-corrected chi connectivity index (χ0v) is 12.7. The topological polar surface area (TPSA) is 39.9 Å². The molecule has 2 aromatic rings. The molecular weight excluding hydrogens is 274 g/mol. The molecule has 1 saturated carbocycles. The lowest BCUT2D eigenvalue weighted by atomic mass is 9.80. The maximum absolute atomic E-state index is 5.93. The minimum atomic E-state index is 0.423. The maximum atomic E-state index is 5.93. The van der Waals surface area contributed by atoms with Gasteiger partial charge in [-0.15, -0.1) is 11.6 Å². The predicted octanol–water partition coefficient (Wildman–Crippen LogP) is 3.58. The highest BCUT2D eigenvalue weighted by Crippen LogP contribution is 2.38. The number of imidazole rings is 1. The Balaban J connectivity index is 2.10. The molecule has 0 radical (unpaired) electrons. The van der Waals surface area contributed by atoms with E-state index < -0.39 is 0 Å². The third-order valence-corrected chi connectivity index (χ3v) is 4.54. The minimum Gasteiger partial charge on any atom is -0.481 e. The van der Waals surface area contributed by atoms with Gasteiger partial charge in [0.15, 0.2) is 5.65 Å². The smallest absolute Gasteiger partial charge is 0.215 e. The first kappa shape index (κ1) is 13.7. The average Bonchev–Trinajstić information content (AvgIpc) is 2.73. The molecule has 0 spiro atoms. The predicted molar refractivity (Wildman–Crippen MR) is 80.6 cm³/mol. The van der Waals surface area contributed by atoms with E-state index in [-0.39, 0.29) is 0 Å². The lowest BCUT2D eigenvalue weighted by Crippen LogP contribution is -2.24. The van der Waals surface area contributed by atoms with E-state index in [1.807, 2.05) is 12.1 Å². The van der Waals surface area contributed by atoms with E-state index in [0.717, 1.165) is 29.3 Å². The molecule has 0 amide bonds. The highest BCUT2D eigenvalue weighted by molar-refractivity contribution is 6.17. The van der Waals surface area contributed by atoms with Crippen LogP contribution in [0.3, 0.4) is 0 Å². The normalized spacial score (nSPS) is 17.1. The number of rotatable bonds is 5. The average molecular weight is 294 g/mol. The molecular formula is C15H20ClN3O. The van der Waals surface area contributed by atoms with E-state index in [2.05, 4.69) is 16.5 Å². The van der Waals surface area contributed by atoms with Gasteiger partial charge in [0, 0.05) is 24.4 Å². The summed E-state index contributed by atoms with van der Waals surface area (Å²) in [4.78, 5) is 9.29. The van der Waals surface area contributed by atoms with Gasteiger partial charge in [0.1, 0.15) is 11.3 Å². The van der Waals surface area contributed by atoms with Crippen molar-refractivity contribution >= 4 is 22.8 Å².